The Bertz CT molecular complexity index is 312. The Morgan fingerprint density at radius 1 is 1.47 bits per heavy atom. The SMILES string of the molecule is CC1(CN)CCN(Cc2ccncc2)C1. The Balaban J connectivity index is 1.93. The topological polar surface area (TPSA) is 42.1 Å². The number of pyridine rings is 1. The van der Waals surface area contributed by atoms with Gasteiger partial charge in [-0.15, -0.1) is 0 Å². The lowest BCUT2D eigenvalue weighted by Gasteiger charge is -2.22. The van der Waals surface area contributed by atoms with Crippen LogP contribution in [0.2, 0.25) is 0 Å². The molecular weight excluding hydrogens is 186 g/mol. The normalized spacial score (nSPS) is 27.1. The van der Waals surface area contributed by atoms with E-state index in [1.807, 2.05) is 12.4 Å². The van der Waals surface area contributed by atoms with Crippen LogP contribution in [0.4, 0.5) is 0 Å². The van der Waals surface area contributed by atoms with Crippen LogP contribution >= 0.6 is 0 Å². The van der Waals surface area contributed by atoms with Crippen molar-refractivity contribution in [1.82, 2.24) is 9.88 Å². The van der Waals surface area contributed by atoms with Gasteiger partial charge in [-0.05, 0) is 42.6 Å². The van der Waals surface area contributed by atoms with E-state index in [0.717, 1.165) is 26.2 Å². The van der Waals surface area contributed by atoms with Crippen LogP contribution in [0.15, 0.2) is 24.5 Å². The number of aromatic nitrogens is 1. The third kappa shape index (κ3) is 2.55. The van der Waals surface area contributed by atoms with Crippen molar-refractivity contribution in [2.24, 2.45) is 11.1 Å². The van der Waals surface area contributed by atoms with Crippen molar-refractivity contribution in [2.45, 2.75) is 19.9 Å². The van der Waals surface area contributed by atoms with Gasteiger partial charge in [-0.2, -0.15) is 0 Å². The summed E-state index contributed by atoms with van der Waals surface area (Å²) < 4.78 is 0. The van der Waals surface area contributed by atoms with Crippen molar-refractivity contribution < 1.29 is 0 Å². The summed E-state index contributed by atoms with van der Waals surface area (Å²) in [5, 5.41) is 0. The van der Waals surface area contributed by atoms with Crippen LogP contribution in [-0.2, 0) is 6.54 Å². The van der Waals surface area contributed by atoms with Crippen LogP contribution in [0.1, 0.15) is 18.9 Å². The highest BCUT2D eigenvalue weighted by molar-refractivity contribution is 5.10. The van der Waals surface area contributed by atoms with E-state index in [9.17, 15) is 0 Å². The lowest BCUT2D eigenvalue weighted by Crippen LogP contribution is -2.31. The molecule has 0 aliphatic carbocycles. The molecule has 1 aromatic heterocycles. The number of rotatable bonds is 3. The third-order valence-electron chi connectivity index (χ3n) is 3.29. The van der Waals surface area contributed by atoms with Gasteiger partial charge in [0, 0.05) is 25.5 Å². The fraction of sp³-hybridized carbons (Fsp3) is 0.583. The first-order valence-corrected chi connectivity index (χ1v) is 5.53. The average molecular weight is 205 g/mol. The predicted molar refractivity (Wildman–Crippen MR) is 61.3 cm³/mol. The summed E-state index contributed by atoms with van der Waals surface area (Å²) in [6, 6.07) is 4.16. The zero-order valence-corrected chi connectivity index (χ0v) is 9.32. The minimum atomic E-state index is 0.326. The molecule has 0 radical (unpaired) electrons. The van der Waals surface area contributed by atoms with Crippen LogP contribution < -0.4 is 5.73 Å². The molecule has 15 heavy (non-hydrogen) atoms. The summed E-state index contributed by atoms with van der Waals surface area (Å²) >= 11 is 0. The minimum absolute atomic E-state index is 0.326. The summed E-state index contributed by atoms with van der Waals surface area (Å²) in [5.74, 6) is 0. The van der Waals surface area contributed by atoms with Gasteiger partial charge in [0.25, 0.3) is 0 Å². The van der Waals surface area contributed by atoms with Gasteiger partial charge in [0.05, 0.1) is 0 Å². The van der Waals surface area contributed by atoms with Gasteiger partial charge >= 0.3 is 0 Å². The monoisotopic (exact) mass is 205 g/mol. The number of hydrogen-bond donors (Lipinski definition) is 1. The zero-order chi connectivity index (χ0) is 10.7. The van der Waals surface area contributed by atoms with E-state index in [1.54, 1.807) is 0 Å². The van der Waals surface area contributed by atoms with Gasteiger partial charge < -0.3 is 5.73 Å². The molecule has 0 spiro atoms. The van der Waals surface area contributed by atoms with Crippen LogP contribution in [-0.4, -0.2) is 29.5 Å². The molecule has 0 saturated carbocycles. The second-order valence-corrected chi connectivity index (χ2v) is 4.83. The van der Waals surface area contributed by atoms with Gasteiger partial charge in [0.1, 0.15) is 0 Å². The first-order chi connectivity index (χ1) is 7.22. The van der Waals surface area contributed by atoms with Gasteiger partial charge in [0.15, 0.2) is 0 Å². The van der Waals surface area contributed by atoms with Crippen molar-refractivity contribution in [3.63, 3.8) is 0 Å². The quantitative estimate of drug-likeness (QED) is 0.807. The molecule has 0 bridgehead atoms. The smallest absolute Gasteiger partial charge is 0.0271 e. The van der Waals surface area contributed by atoms with Crippen molar-refractivity contribution in [3.05, 3.63) is 30.1 Å². The second kappa shape index (κ2) is 4.29. The van der Waals surface area contributed by atoms with Gasteiger partial charge in [-0.1, -0.05) is 6.92 Å². The van der Waals surface area contributed by atoms with E-state index in [1.165, 1.54) is 12.0 Å². The maximum Gasteiger partial charge on any atom is 0.0271 e. The molecule has 2 rings (SSSR count). The largest absolute Gasteiger partial charge is 0.330 e. The summed E-state index contributed by atoms with van der Waals surface area (Å²) in [4.78, 5) is 6.50. The first-order valence-electron chi connectivity index (χ1n) is 5.53. The molecule has 82 valence electrons. The summed E-state index contributed by atoms with van der Waals surface area (Å²) in [5.41, 5.74) is 7.45. The van der Waals surface area contributed by atoms with E-state index >= 15 is 0 Å². The fourth-order valence-electron chi connectivity index (χ4n) is 2.17. The van der Waals surface area contributed by atoms with Crippen LogP contribution in [0, 0.1) is 5.41 Å². The predicted octanol–water partition coefficient (Wildman–Crippen LogP) is 1.25. The Kier molecular flexibility index (Phi) is 3.03. The summed E-state index contributed by atoms with van der Waals surface area (Å²) in [7, 11) is 0. The Labute approximate surface area is 91.3 Å². The summed E-state index contributed by atoms with van der Waals surface area (Å²) in [6.45, 7) is 6.37. The Morgan fingerprint density at radius 3 is 2.80 bits per heavy atom. The third-order valence-corrected chi connectivity index (χ3v) is 3.29. The average Bonchev–Trinajstić information content (AvgIpc) is 2.63. The Hall–Kier alpha value is -0.930. The Morgan fingerprint density at radius 2 is 2.20 bits per heavy atom. The molecular formula is C12H19N3. The molecule has 1 fully saturated rings. The van der Waals surface area contributed by atoms with Crippen molar-refractivity contribution >= 4 is 0 Å². The van der Waals surface area contributed by atoms with E-state index in [4.69, 9.17) is 5.73 Å². The molecule has 3 nitrogen and oxygen atoms in total. The molecule has 2 heterocycles. The van der Waals surface area contributed by atoms with Crippen LogP contribution in [0.3, 0.4) is 0 Å². The van der Waals surface area contributed by atoms with Crippen molar-refractivity contribution in [2.75, 3.05) is 19.6 Å². The van der Waals surface area contributed by atoms with E-state index in [0.29, 0.717) is 5.41 Å². The molecule has 1 aliphatic rings. The van der Waals surface area contributed by atoms with Crippen LogP contribution in [0.5, 0.6) is 0 Å². The molecule has 3 heteroatoms. The number of hydrogen-bond acceptors (Lipinski definition) is 3. The maximum absolute atomic E-state index is 5.79. The van der Waals surface area contributed by atoms with Crippen molar-refractivity contribution in [1.29, 1.82) is 0 Å². The second-order valence-electron chi connectivity index (χ2n) is 4.83. The highest BCUT2D eigenvalue weighted by Crippen LogP contribution is 2.29. The van der Waals surface area contributed by atoms with E-state index < -0.39 is 0 Å². The highest BCUT2D eigenvalue weighted by Gasteiger charge is 2.31. The van der Waals surface area contributed by atoms with Gasteiger partial charge in [-0.25, -0.2) is 0 Å². The number of nitrogens with two attached hydrogens (primary N) is 1. The molecule has 0 aromatic carbocycles. The summed E-state index contributed by atoms with van der Waals surface area (Å²) in [6.07, 6.45) is 4.93. The molecule has 1 saturated heterocycles. The standard InChI is InChI=1S/C12H19N3/c1-12(9-13)4-7-15(10-12)8-11-2-5-14-6-3-11/h2-3,5-6H,4,7-10,13H2,1H3. The van der Waals surface area contributed by atoms with E-state index in [-0.39, 0.29) is 0 Å². The molecule has 1 aromatic rings. The molecule has 2 N–H and O–H groups in total. The lowest BCUT2D eigenvalue weighted by atomic mass is 9.90. The lowest BCUT2D eigenvalue weighted by molar-refractivity contribution is 0.274. The molecule has 1 unspecified atom stereocenters. The highest BCUT2D eigenvalue weighted by atomic mass is 15.2. The first kappa shape index (κ1) is 10.6. The molecule has 1 aliphatic heterocycles. The maximum atomic E-state index is 5.79. The number of nitrogens with zero attached hydrogens (tertiary/aromatic N) is 2. The van der Waals surface area contributed by atoms with Gasteiger partial charge in [-0.3, -0.25) is 9.88 Å². The van der Waals surface area contributed by atoms with Crippen molar-refractivity contribution in [3.8, 4) is 0 Å². The molecule has 0 amide bonds. The fourth-order valence-corrected chi connectivity index (χ4v) is 2.17. The number of likely N-dealkylation sites (tertiary alicyclic amines) is 1. The minimum Gasteiger partial charge on any atom is -0.330 e. The zero-order valence-electron chi connectivity index (χ0n) is 9.32. The molecule has 1 atom stereocenters. The van der Waals surface area contributed by atoms with Gasteiger partial charge in [0.2, 0.25) is 0 Å². The van der Waals surface area contributed by atoms with Crippen LogP contribution in [0.25, 0.3) is 0 Å². The van der Waals surface area contributed by atoms with E-state index in [2.05, 4.69) is 28.9 Å².